The Morgan fingerprint density at radius 2 is 2.07 bits per heavy atom. The van der Waals surface area contributed by atoms with Crippen molar-refractivity contribution >= 4 is 23.7 Å². The number of hydrogen-bond donors (Lipinski definition) is 1. The molecule has 0 aromatic carbocycles. The second kappa shape index (κ2) is 5.90. The van der Waals surface area contributed by atoms with E-state index in [0.29, 0.717) is 12.2 Å². The van der Waals surface area contributed by atoms with Crippen molar-refractivity contribution in [2.75, 3.05) is 18.6 Å². The molecule has 0 aliphatic heterocycles. The van der Waals surface area contributed by atoms with Crippen LogP contribution in [-0.2, 0) is 14.3 Å². The average molecular weight is 220 g/mol. The lowest BCUT2D eigenvalue weighted by Crippen LogP contribution is -2.38. The molecule has 1 unspecified atom stereocenters. The van der Waals surface area contributed by atoms with Crippen molar-refractivity contribution in [3.8, 4) is 0 Å². The maximum Gasteiger partial charge on any atom is 0.323 e. The predicted octanol–water partition coefficient (Wildman–Crippen LogP) is 1.39. The number of hydrogen-bond acceptors (Lipinski definition) is 4. The van der Waals surface area contributed by atoms with Crippen molar-refractivity contribution in [1.82, 2.24) is 0 Å². The molecule has 0 aromatic heterocycles. The van der Waals surface area contributed by atoms with Crippen molar-refractivity contribution in [3.05, 3.63) is 0 Å². The zero-order valence-electron chi connectivity index (χ0n) is 8.70. The number of aliphatic carboxylic acids is 1. The summed E-state index contributed by atoms with van der Waals surface area (Å²) in [5.74, 6) is -1.15. The molecular weight excluding hydrogens is 204 g/mol. The number of esters is 1. The molecule has 0 rings (SSSR count). The molecule has 0 fully saturated rings. The van der Waals surface area contributed by atoms with E-state index in [9.17, 15) is 9.59 Å². The first kappa shape index (κ1) is 13.3. The monoisotopic (exact) mass is 220 g/mol. The molecule has 4 nitrogen and oxygen atoms in total. The van der Waals surface area contributed by atoms with E-state index in [4.69, 9.17) is 9.84 Å². The summed E-state index contributed by atoms with van der Waals surface area (Å²) in [5, 5.41) is 8.95. The van der Waals surface area contributed by atoms with Crippen LogP contribution >= 0.6 is 11.8 Å². The van der Waals surface area contributed by atoms with Crippen molar-refractivity contribution in [1.29, 1.82) is 0 Å². The standard InChI is InChI=1S/C9H16O4S/c1-4-13-8(12)9(2,7(10)11)5-6-14-3/h4-6H2,1-3H3,(H,10,11). The fraction of sp³-hybridized carbons (Fsp3) is 0.778. The minimum Gasteiger partial charge on any atom is -0.480 e. The quantitative estimate of drug-likeness (QED) is 0.541. The van der Waals surface area contributed by atoms with E-state index in [-0.39, 0.29) is 6.61 Å². The van der Waals surface area contributed by atoms with Gasteiger partial charge < -0.3 is 9.84 Å². The van der Waals surface area contributed by atoms with Crippen LogP contribution in [0.4, 0.5) is 0 Å². The average Bonchev–Trinajstić information content (AvgIpc) is 2.14. The smallest absolute Gasteiger partial charge is 0.323 e. The molecule has 82 valence electrons. The van der Waals surface area contributed by atoms with Crippen molar-refractivity contribution in [3.63, 3.8) is 0 Å². The van der Waals surface area contributed by atoms with Crippen molar-refractivity contribution in [2.24, 2.45) is 5.41 Å². The van der Waals surface area contributed by atoms with Crippen LogP contribution in [-0.4, -0.2) is 35.7 Å². The molecule has 14 heavy (non-hydrogen) atoms. The van der Waals surface area contributed by atoms with E-state index in [2.05, 4.69) is 0 Å². The molecule has 0 saturated carbocycles. The van der Waals surface area contributed by atoms with E-state index in [1.165, 1.54) is 18.7 Å². The normalized spacial score (nSPS) is 14.5. The Balaban J connectivity index is 4.53. The highest BCUT2D eigenvalue weighted by atomic mass is 32.2. The molecule has 0 heterocycles. The SMILES string of the molecule is CCOC(=O)C(C)(CCSC)C(=O)O. The lowest BCUT2D eigenvalue weighted by Gasteiger charge is -2.21. The van der Waals surface area contributed by atoms with Gasteiger partial charge in [0.05, 0.1) is 6.61 Å². The van der Waals surface area contributed by atoms with Crippen LogP contribution in [0.5, 0.6) is 0 Å². The van der Waals surface area contributed by atoms with Gasteiger partial charge in [-0.25, -0.2) is 0 Å². The highest BCUT2D eigenvalue weighted by Crippen LogP contribution is 2.25. The summed E-state index contributed by atoms with van der Waals surface area (Å²) in [6, 6.07) is 0. The highest BCUT2D eigenvalue weighted by molar-refractivity contribution is 7.98. The van der Waals surface area contributed by atoms with Gasteiger partial charge in [-0.05, 0) is 32.3 Å². The van der Waals surface area contributed by atoms with Gasteiger partial charge in [0.15, 0.2) is 5.41 Å². The summed E-state index contributed by atoms with van der Waals surface area (Å²) in [6.07, 6.45) is 2.16. The molecule has 0 spiro atoms. The Hall–Kier alpha value is -0.710. The van der Waals surface area contributed by atoms with Gasteiger partial charge in [-0.1, -0.05) is 0 Å². The molecule has 0 aliphatic carbocycles. The van der Waals surface area contributed by atoms with Gasteiger partial charge in [0, 0.05) is 0 Å². The number of thioether (sulfide) groups is 1. The number of carboxylic acid groups (broad SMARTS) is 1. The molecule has 5 heteroatoms. The van der Waals surface area contributed by atoms with E-state index in [1.807, 2.05) is 6.26 Å². The van der Waals surface area contributed by atoms with E-state index in [1.54, 1.807) is 6.92 Å². The number of carboxylic acids is 1. The second-order valence-electron chi connectivity index (χ2n) is 3.10. The lowest BCUT2D eigenvalue weighted by molar-refractivity contribution is -0.167. The zero-order chi connectivity index (χ0) is 11.2. The fourth-order valence-electron chi connectivity index (χ4n) is 0.893. The third-order valence-electron chi connectivity index (χ3n) is 2.00. The molecule has 0 amide bonds. The minimum atomic E-state index is -1.40. The number of carbonyl (C=O) groups excluding carboxylic acids is 1. The Kier molecular flexibility index (Phi) is 5.60. The third kappa shape index (κ3) is 3.21. The van der Waals surface area contributed by atoms with Gasteiger partial charge in [-0.15, -0.1) is 0 Å². The van der Waals surface area contributed by atoms with Crippen molar-refractivity contribution in [2.45, 2.75) is 20.3 Å². The molecular formula is C9H16O4S. The summed E-state index contributed by atoms with van der Waals surface area (Å²) in [5.41, 5.74) is -1.40. The van der Waals surface area contributed by atoms with Gasteiger partial charge in [0.25, 0.3) is 0 Å². The second-order valence-corrected chi connectivity index (χ2v) is 4.09. The van der Waals surface area contributed by atoms with Crippen LogP contribution in [0.25, 0.3) is 0 Å². The topological polar surface area (TPSA) is 63.6 Å². The lowest BCUT2D eigenvalue weighted by atomic mass is 9.88. The third-order valence-corrected chi connectivity index (χ3v) is 2.62. The summed E-state index contributed by atoms with van der Waals surface area (Å²) in [7, 11) is 0. The van der Waals surface area contributed by atoms with E-state index < -0.39 is 17.4 Å². The molecule has 1 N–H and O–H groups in total. The minimum absolute atomic E-state index is 0.209. The maximum absolute atomic E-state index is 11.4. The largest absolute Gasteiger partial charge is 0.480 e. The first-order valence-electron chi connectivity index (χ1n) is 4.38. The van der Waals surface area contributed by atoms with Crippen LogP contribution in [0.1, 0.15) is 20.3 Å². The molecule has 0 aliphatic rings. The Morgan fingerprint density at radius 1 is 1.50 bits per heavy atom. The number of rotatable bonds is 6. The molecule has 0 bridgehead atoms. The molecule has 1 atom stereocenters. The first-order chi connectivity index (χ1) is 6.49. The van der Waals surface area contributed by atoms with Gasteiger partial charge in [0.1, 0.15) is 0 Å². The fourth-order valence-corrected chi connectivity index (χ4v) is 1.51. The van der Waals surface area contributed by atoms with Crippen molar-refractivity contribution < 1.29 is 19.4 Å². The van der Waals surface area contributed by atoms with Crippen LogP contribution in [0, 0.1) is 5.41 Å². The highest BCUT2D eigenvalue weighted by Gasteiger charge is 2.42. The first-order valence-corrected chi connectivity index (χ1v) is 5.78. The van der Waals surface area contributed by atoms with Gasteiger partial charge in [0.2, 0.25) is 0 Å². The zero-order valence-corrected chi connectivity index (χ0v) is 9.52. The maximum atomic E-state index is 11.4. The Bertz CT molecular complexity index is 217. The summed E-state index contributed by atoms with van der Waals surface area (Å²) in [6.45, 7) is 3.28. The predicted molar refractivity (Wildman–Crippen MR) is 55.4 cm³/mol. The summed E-state index contributed by atoms with van der Waals surface area (Å²) >= 11 is 1.51. The number of ether oxygens (including phenoxy) is 1. The van der Waals surface area contributed by atoms with Crippen LogP contribution in [0.2, 0.25) is 0 Å². The van der Waals surface area contributed by atoms with Crippen LogP contribution < -0.4 is 0 Å². The summed E-state index contributed by atoms with van der Waals surface area (Å²) in [4.78, 5) is 22.3. The number of carbonyl (C=O) groups is 2. The van der Waals surface area contributed by atoms with E-state index in [0.717, 1.165) is 0 Å². The van der Waals surface area contributed by atoms with Gasteiger partial charge in [-0.3, -0.25) is 9.59 Å². The summed E-state index contributed by atoms with van der Waals surface area (Å²) < 4.78 is 4.74. The molecule has 0 aromatic rings. The van der Waals surface area contributed by atoms with Crippen LogP contribution in [0.15, 0.2) is 0 Å². The Labute approximate surface area is 88.0 Å². The van der Waals surface area contributed by atoms with Gasteiger partial charge in [-0.2, -0.15) is 11.8 Å². The molecule has 0 radical (unpaired) electrons. The van der Waals surface area contributed by atoms with Gasteiger partial charge >= 0.3 is 11.9 Å². The molecule has 0 saturated heterocycles. The van der Waals surface area contributed by atoms with E-state index >= 15 is 0 Å². The van der Waals surface area contributed by atoms with Crippen LogP contribution in [0.3, 0.4) is 0 Å². The Morgan fingerprint density at radius 3 is 2.43 bits per heavy atom.